The first-order valence-electron chi connectivity index (χ1n) is 6.57. The lowest BCUT2D eigenvalue weighted by Crippen LogP contribution is -2.48. The molecule has 1 fully saturated rings. The van der Waals surface area contributed by atoms with Crippen molar-refractivity contribution in [1.29, 1.82) is 0 Å². The third-order valence-corrected chi connectivity index (χ3v) is 2.66. The Morgan fingerprint density at radius 3 is 1.18 bits per heavy atom. The van der Waals surface area contributed by atoms with Crippen LogP contribution in [0.15, 0.2) is 0 Å². The van der Waals surface area contributed by atoms with Crippen LogP contribution < -0.4 is 0 Å². The van der Waals surface area contributed by atoms with Crippen LogP contribution in [0.1, 0.15) is 32.6 Å². The van der Waals surface area contributed by atoms with Gasteiger partial charge in [0.05, 0.1) is 26.7 Å². The molecule has 0 atom stereocenters. The molecule has 1 aliphatic rings. The Hall–Kier alpha value is -0.670. The first kappa shape index (κ1) is 26.2. The SMILES string of the molecule is CCC[N+]1(C)CCCCC1.FC(F)F.FC(F)F.FC(F)F. The molecule has 138 valence electrons. The van der Waals surface area contributed by atoms with Crippen molar-refractivity contribution in [3.63, 3.8) is 0 Å². The average molecular weight is 352 g/mol. The summed E-state index contributed by atoms with van der Waals surface area (Å²) in [7, 11) is 2.41. The van der Waals surface area contributed by atoms with E-state index in [1.165, 1.54) is 49.8 Å². The molecule has 22 heavy (non-hydrogen) atoms. The zero-order valence-corrected chi connectivity index (χ0v) is 12.5. The third kappa shape index (κ3) is 36.6. The smallest absolute Gasteiger partial charge is 0.326 e. The van der Waals surface area contributed by atoms with Crippen LogP contribution >= 0.6 is 0 Å². The van der Waals surface area contributed by atoms with Crippen molar-refractivity contribution in [3.8, 4) is 0 Å². The van der Waals surface area contributed by atoms with Gasteiger partial charge in [0.25, 0.3) is 0 Å². The lowest BCUT2D eigenvalue weighted by Gasteiger charge is -2.37. The fourth-order valence-corrected chi connectivity index (χ4v) is 2.04. The molecule has 0 N–H and O–H groups in total. The molecule has 0 unspecified atom stereocenters. The van der Waals surface area contributed by atoms with Gasteiger partial charge in [-0.2, -0.15) is 39.5 Å². The Balaban J connectivity index is -0.000000253. The third-order valence-electron chi connectivity index (χ3n) is 2.66. The van der Waals surface area contributed by atoms with E-state index < -0.39 is 20.0 Å². The predicted octanol–water partition coefficient (Wildman–Crippen LogP) is 5.56. The zero-order valence-electron chi connectivity index (χ0n) is 12.5. The minimum absolute atomic E-state index is 1.34. The van der Waals surface area contributed by atoms with Crippen LogP contribution in [-0.4, -0.2) is 51.2 Å². The molecule has 1 saturated heterocycles. The van der Waals surface area contributed by atoms with Crippen molar-refractivity contribution in [1.82, 2.24) is 0 Å². The van der Waals surface area contributed by atoms with E-state index in [0.29, 0.717) is 0 Å². The fourth-order valence-electron chi connectivity index (χ4n) is 2.04. The van der Waals surface area contributed by atoms with Gasteiger partial charge in [0.15, 0.2) is 0 Å². The van der Waals surface area contributed by atoms with Crippen molar-refractivity contribution >= 4 is 0 Å². The molecule has 0 spiro atoms. The Bertz CT molecular complexity index is 181. The summed E-state index contributed by atoms with van der Waals surface area (Å²) in [4.78, 5) is 0. The number of hydrogen-bond donors (Lipinski definition) is 0. The van der Waals surface area contributed by atoms with Gasteiger partial charge in [-0.1, -0.05) is 6.92 Å². The van der Waals surface area contributed by atoms with E-state index in [2.05, 4.69) is 14.0 Å². The molecule has 0 aromatic carbocycles. The predicted molar refractivity (Wildman–Crippen MR) is 66.3 cm³/mol. The van der Waals surface area contributed by atoms with Crippen LogP contribution in [-0.2, 0) is 0 Å². The van der Waals surface area contributed by atoms with E-state index in [1.807, 2.05) is 0 Å². The molecular weight excluding hydrogens is 329 g/mol. The van der Waals surface area contributed by atoms with Gasteiger partial charge in [0, 0.05) is 0 Å². The molecular formula is C12H23F9N+. The summed E-state index contributed by atoms with van der Waals surface area (Å²) in [6.07, 6.45) is 5.72. The van der Waals surface area contributed by atoms with Crippen molar-refractivity contribution in [2.45, 2.75) is 52.6 Å². The number of likely N-dealkylation sites (tertiary alicyclic amines) is 1. The van der Waals surface area contributed by atoms with Crippen LogP contribution in [0.25, 0.3) is 0 Å². The fraction of sp³-hybridized carbons (Fsp3) is 1.00. The highest BCUT2D eigenvalue weighted by Crippen LogP contribution is 2.15. The van der Waals surface area contributed by atoms with Crippen LogP contribution in [0.2, 0.25) is 0 Å². The molecule has 0 bridgehead atoms. The van der Waals surface area contributed by atoms with Gasteiger partial charge in [-0.05, 0) is 25.7 Å². The standard InChI is InChI=1S/C9H20N.3CHF3/c1-3-7-10(2)8-5-4-6-9-10;3*2-1(3)4/h3-9H2,1-2H3;3*1H/q+1;;;. The molecule has 0 saturated carbocycles. The molecule has 1 aliphatic heterocycles. The highest BCUT2D eigenvalue weighted by atomic mass is 19.4. The van der Waals surface area contributed by atoms with Gasteiger partial charge in [-0.25, -0.2) is 0 Å². The second-order valence-corrected chi connectivity index (χ2v) is 4.59. The number of hydrogen-bond acceptors (Lipinski definition) is 0. The van der Waals surface area contributed by atoms with Crippen molar-refractivity contribution in [2.24, 2.45) is 0 Å². The first-order valence-corrected chi connectivity index (χ1v) is 6.57. The largest absolute Gasteiger partial charge is 0.379 e. The van der Waals surface area contributed by atoms with Crippen LogP contribution in [0, 0.1) is 0 Å². The second-order valence-electron chi connectivity index (χ2n) is 4.59. The highest BCUT2D eigenvalue weighted by Gasteiger charge is 2.22. The van der Waals surface area contributed by atoms with Gasteiger partial charge in [0.1, 0.15) is 0 Å². The molecule has 1 rings (SSSR count). The summed E-state index contributed by atoms with van der Waals surface area (Å²) in [5.74, 6) is 0. The lowest BCUT2D eigenvalue weighted by atomic mass is 10.1. The molecule has 0 radical (unpaired) electrons. The molecule has 0 amide bonds. The summed E-state index contributed by atoms with van der Waals surface area (Å²) < 4.78 is 88.3. The first-order chi connectivity index (χ1) is 9.96. The minimum atomic E-state index is -3.67. The number of alkyl halides is 9. The van der Waals surface area contributed by atoms with Gasteiger partial charge < -0.3 is 4.48 Å². The summed E-state index contributed by atoms with van der Waals surface area (Å²) in [6, 6.07) is 0. The zero-order chi connectivity index (χ0) is 18.2. The number of rotatable bonds is 2. The van der Waals surface area contributed by atoms with E-state index in [1.54, 1.807) is 0 Å². The summed E-state index contributed by atoms with van der Waals surface area (Å²) in [5.41, 5.74) is 0. The Labute approximate surface area is 124 Å². The second kappa shape index (κ2) is 16.7. The molecule has 0 aromatic heterocycles. The summed E-state index contributed by atoms with van der Waals surface area (Å²) in [6.45, 7) is -4.47. The van der Waals surface area contributed by atoms with E-state index >= 15 is 0 Å². The molecule has 0 aromatic rings. The lowest BCUT2D eigenvalue weighted by molar-refractivity contribution is -0.914. The maximum atomic E-state index is 9.67. The maximum absolute atomic E-state index is 9.67. The van der Waals surface area contributed by atoms with Gasteiger partial charge in [0.2, 0.25) is 0 Å². The number of nitrogens with zero attached hydrogens (tertiary/aromatic N) is 1. The average Bonchev–Trinajstić information content (AvgIpc) is 2.27. The van der Waals surface area contributed by atoms with E-state index in [0.717, 1.165) is 0 Å². The normalized spacial score (nSPS) is 16.1. The highest BCUT2D eigenvalue weighted by molar-refractivity contribution is 4.50. The Morgan fingerprint density at radius 2 is 0.955 bits per heavy atom. The summed E-state index contributed by atoms with van der Waals surface area (Å²) >= 11 is 0. The van der Waals surface area contributed by atoms with Crippen LogP contribution in [0.5, 0.6) is 0 Å². The van der Waals surface area contributed by atoms with Crippen LogP contribution in [0.3, 0.4) is 0 Å². The number of piperidine rings is 1. The maximum Gasteiger partial charge on any atom is 0.379 e. The van der Waals surface area contributed by atoms with E-state index in [-0.39, 0.29) is 0 Å². The van der Waals surface area contributed by atoms with Crippen LogP contribution in [0.4, 0.5) is 39.5 Å². The molecule has 0 aliphatic carbocycles. The van der Waals surface area contributed by atoms with E-state index in [9.17, 15) is 39.5 Å². The molecule has 1 nitrogen and oxygen atoms in total. The topological polar surface area (TPSA) is 0 Å². The Kier molecular flexibility index (Phi) is 19.9. The van der Waals surface area contributed by atoms with Gasteiger partial charge in [-0.15, -0.1) is 0 Å². The van der Waals surface area contributed by atoms with Crippen molar-refractivity contribution in [2.75, 3.05) is 26.7 Å². The molecule has 1 heterocycles. The van der Waals surface area contributed by atoms with Crippen molar-refractivity contribution in [3.05, 3.63) is 0 Å². The van der Waals surface area contributed by atoms with Gasteiger partial charge >= 0.3 is 20.0 Å². The molecule has 10 heteroatoms. The Morgan fingerprint density at radius 1 is 0.682 bits per heavy atom. The monoisotopic (exact) mass is 352 g/mol. The number of quaternary nitrogens is 1. The minimum Gasteiger partial charge on any atom is -0.326 e. The number of halogens is 9. The van der Waals surface area contributed by atoms with Gasteiger partial charge in [-0.3, -0.25) is 0 Å². The quantitative estimate of drug-likeness (QED) is 0.451. The summed E-state index contributed by atoms with van der Waals surface area (Å²) in [5, 5.41) is 0. The van der Waals surface area contributed by atoms with E-state index in [4.69, 9.17) is 0 Å². The van der Waals surface area contributed by atoms with Crippen molar-refractivity contribution < 1.29 is 44.0 Å².